The normalized spacial score (nSPS) is 15.6. The lowest BCUT2D eigenvalue weighted by Gasteiger charge is -2.48. The summed E-state index contributed by atoms with van der Waals surface area (Å²) in [6.07, 6.45) is 2.85. The highest BCUT2D eigenvalue weighted by Gasteiger charge is 2.39. The van der Waals surface area contributed by atoms with Gasteiger partial charge in [-0.2, -0.15) is 0 Å². The topological polar surface area (TPSA) is 137 Å². The van der Waals surface area contributed by atoms with Crippen molar-refractivity contribution in [1.29, 1.82) is 0 Å². The molecule has 1 aromatic carbocycles. The minimum Gasteiger partial charge on any atom is -0.456 e. The van der Waals surface area contributed by atoms with Crippen LogP contribution in [-0.4, -0.2) is 68.7 Å². The highest BCUT2D eigenvalue weighted by molar-refractivity contribution is 5.95. The summed E-state index contributed by atoms with van der Waals surface area (Å²) in [6.45, 7) is 8.29. The Hall–Kier alpha value is -4.58. The van der Waals surface area contributed by atoms with E-state index in [1.54, 1.807) is 24.0 Å². The summed E-state index contributed by atoms with van der Waals surface area (Å²) < 4.78 is 18.7. The number of aromatic nitrogens is 2. The highest BCUT2D eigenvalue weighted by atomic mass is 19.1. The number of carbonyl (C=O) groups is 3. The van der Waals surface area contributed by atoms with E-state index in [4.69, 9.17) is 4.74 Å². The zero-order chi connectivity index (χ0) is 29.7. The fourth-order valence-corrected chi connectivity index (χ4v) is 4.61. The van der Waals surface area contributed by atoms with Gasteiger partial charge < -0.3 is 25.3 Å². The zero-order valence-electron chi connectivity index (χ0n) is 23.4. The molecule has 1 fully saturated rings. The van der Waals surface area contributed by atoms with E-state index in [2.05, 4.69) is 20.6 Å². The number of halogens is 1. The summed E-state index contributed by atoms with van der Waals surface area (Å²) in [5, 5.41) is 5.39. The average Bonchev–Trinajstić information content (AvgIpc) is 2.93. The van der Waals surface area contributed by atoms with E-state index in [0.717, 1.165) is 0 Å². The number of amides is 3. The molecule has 2 aromatic heterocycles. The van der Waals surface area contributed by atoms with Crippen LogP contribution in [0.5, 0.6) is 11.5 Å². The molecule has 41 heavy (non-hydrogen) atoms. The lowest BCUT2D eigenvalue weighted by molar-refractivity contribution is -0.122. The summed E-state index contributed by atoms with van der Waals surface area (Å²) in [7, 11) is 0. The van der Waals surface area contributed by atoms with Crippen molar-refractivity contribution in [1.82, 2.24) is 25.1 Å². The van der Waals surface area contributed by atoms with Crippen LogP contribution >= 0.6 is 0 Å². The number of H-pyrrole nitrogens is 1. The van der Waals surface area contributed by atoms with Crippen molar-refractivity contribution >= 4 is 23.5 Å². The maximum atomic E-state index is 13.4. The van der Waals surface area contributed by atoms with Gasteiger partial charge >= 0.3 is 0 Å². The Morgan fingerprint density at radius 2 is 1.83 bits per heavy atom. The molecular weight excluding hydrogens is 531 g/mol. The first-order valence-electron chi connectivity index (χ1n) is 13.2. The first-order chi connectivity index (χ1) is 19.4. The fourth-order valence-electron chi connectivity index (χ4n) is 4.61. The minimum absolute atomic E-state index is 0.0223. The van der Waals surface area contributed by atoms with E-state index in [9.17, 15) is 23.6 Å². The number of piperazine rings is 1. The summed E-state index contributed by atoms with van der Waals surface area (Å²) in [4.78, 5) is 60.4. The number of rotatable bonds is 8. The molecule has 1 unspecified atom stereocenters. The second-order valence-electron chi connectivity index (χ2n) is 10.5. The van der Waals surface area contributed by atoms with E-state index >= 15 is 0 Å². The zero-order valence-corrected chi connectivity index (χ0v) is 23.4. The van der Waals surface area contributed by atoms with Crippen molar-refractivity contribution in [2.24, 2.45) is 0 Å². The number of nitrogens with zero attached hydrogens (tertiary/aromatic N) is 3. The number of aromatic amines is 1. The maximum Gasteiger partial charge on any atom is 0.255 e. The number of hydrogen-bond donors (Lipinski definition) is 3. The Morgan fingerprint density at radius 3 is 2.46 bits per heavy atom. The molecule has 0 radical (unpaired) electrons. The van der Waals surface area contributed by atoms with Gasteiger partial charge in [-0.05, 0) is 63.2 Å². The molecule has 1 atom stereocenters. The molecule has 0 saturated carbocycles. The summed E-state index contributed by atoms with van der Waals surface area (Å²) in [5.74, 6) is 0.124. The van der Waals surface area contributed by atoms with Crippen molar-refractivity contribution < 1.29 is 23.5 Å². The van der Waals surface area contributed by atoms with Crippen LogP contribution in [0.3, 0.4) is 0 Å². The van der Waals surface area contributed by atoms with Crippen molar-refractivity contribution in [2.75, 3.05) is 25.0 Å². The molecule has 3 heterocycles. The van der Waals surface area contributed by atoms with Crippen LogP contribution < -0.4 is 20.9 Å². The van der Waals surface area contributed by atoms with Crippen LogP contribution in [0.25, 0.3) is 0 Å². The van der Waals surface area contributed by atoms with Gasteiger partial charge in [-0.3, -0.25) is 24.1 Å². The lowest BCUT2D eigenvalue weighted by Crippen LogP contribution is -2.63. The van der Waals surface area contributed by atoms with E-state index in [1.807, 2.05) is 18.7 Å². The first kappa shape index (κ1) is 29.4. The monoisotopic (exact) mass is 564 g/mol. The van der Waals surface area contributed by atoms with Gasteiger partial charge in [0, 0.05) is 44.9 Å². The number of anilines is 1. The van der Waals surface area contributed by atoms with Crippen molar-refractivity contribution in [3.63, 3.8) is 0 Å². The molecule has 1 saturated heterocycles. The van der Waals surface area contributed by atoms with Crippen LogP contribution in [0.2, 0.25) is 0 Å². The number of ether oxygens (including phenoxy) is 1. The third-order valence-corrected chi connectivity index (χ3v) is 6.90. The quantitative estimate of drug-likeness (QED) is 0.383. The lowest BCUT2D eigenvalue weighted by atomic mass is 9.96. The molecule has 12 heteroatoms. The Morgan fingerprint density at radius 1 is 1.12 bits per heavy atom. The third-order valence-electron chi connectivity index (χ3n) is 6.90. The van der Waals surface area contributed by atoms with Crippen LogP contribution in [0.4, 0.5) is 10.2 Å². The fraction of sp³-hybridized carbons (Fsp3) is 0.345. The maximum absolute atomic E-state index is 13.4. The van der Waals surface area contributed by atoms with Gasteiger partial charge in [-0.1, -0.05) is 0 Å². The second kappa shape index (κ2) is 12.3. The standard InChI is InChI=1S/C29H33FN6O5/c1-18(26(38)34-25-10-9-24(16-32-25)41-23-7-5-22(30)6-8-23)35-11-12-36(29(3,4)17-35)28(40)21-13-20(14-31-19(2)37)27(39)33-15-21/h5-10,13,15-16,18H,11-12,14,17H2,1-4H3,(H,31,37)(H,33,39)(H,32,34,38). The Balaban J connectivity index is 1.35. The molecule has 0 spiro atoms. The van der Waals surface area contributed by atoms with Gasteiger partial charge in [-0.25, -0.2) is 9.37 Å². The molecule has 216 valence electrons. The van der Waals surface area contributed by atoms with Crippen molar-refractivity contribution in [2.45, 2.75) is 45.8 Å². The Bertz CT molecular complexity index is 1470. The number of pyridine rings is 2. The summed E-state index contributed by atoms with van der Waals surface area (Å²) in [6, 6.07) is 9.88. The molecule has 1 aliphatic heterocycles. The van der Waals surface area contributed by atoms with E-state index < -0.39 is 11.6 Å². The largest absolute Gasteiger partial charge is 0.456 e. The van der Waals surface area contributed by atoms with Gasteiger partial charge in [0.1, 0.15) is 23.1 Å². The SMILES string of the molecule is CC(=O)NCc1cc(C(=O)N2CCN(C(C)C(=O)Nc3ccc(Oc4ccc(F)cc4)cn3)CC2(C)C)c[nH]c1=O. The van der Waals surface area contributed by atoms with Crippen LogP contribution in [-0.2, 0) is 16.1 Å². The van der Waals surface area contributed by atoms with Crippen LogP contribution in [0.1, 0.15) is 43.6 Å². The molecular formula is C29H33FN6O5. The third kappa shape index (κ3) is 7.34. The number of hydrogen-bond acceptors (Lipinski definition) is 7. The van der Waals surface area contributed by atoms with Gasteiger partial charge in [0.15, 0.2) is 0 Å². The van der Waals surface area contributed by atoms with E-state index in [-0.39, 0.29) is 41.2 Å². The van der Waals surface area contributed by atoms with Gasteiger partial charge in [0.25, 0.3) is 11.5 Å². The van der Waals surface area contributed by atoms with Gasteiger partial charge in [0.05, 0.1) is 23.3 Å². The van der Waals surface area contributed by atoms with Gasteiger partial charge in [0.2, 0.25) is 11.8 Å². The number of nitrogens with one attached hydrogen (secondary N) is 3. The predicted molar refractivity (Wildman–Crippen MR) is 150 cm³/mol. The first-order valence-corrected chi connectivity index (χ1v) is 13.2. The summed E-state index contributed by atoms with van der Waals surface area (Å²) in [5.41, 5.74) is -0.384. The molecule has 11 nitrogen and oxygen atoms in total. The smallest absolute Gasteiger partial charge is 0.255 e. The Kier molecular flexibility index (Phi) is 8.82. The number of carbonyl (C=O) groups excluding carboxylic acids is 3. The molecule has 3 N–H and O–H groups in total. The molecule has 1 aliphatic rings. The Labute approximate surface area is 236 Å². The number of benzene rings is 1. The molecule has 3 aromatic rings. The molecule has 4 rings (SSSR count). The molecule has 0 bridgehead atoms. The molecule has 3 amide bonds. The van der Waals surface area contributed by atoms with Crippen LogP contribution in [0.15, 0.2) is 59.7 Å². The van der Waals surface area contributed by atoms with E-state index in [0.29, 0.717) is 42.5 Å². The van der Waals surface area contributed by atoms with Gasteiger partial charge in [-0.15, -0.1) is 0 Å². The predicted octanol–water partition coefficient (Wildman–Crippen LogP) is 2.90. The van der Waals surface area contributed by atoms with E-state index in [1.165, 1.54) is 49.6 Å². The van der Waals surface area contributed by atoms with Crippen LogP contribution in [0, 0.1) is 5.82 Å². The second-order valence-corrected chi connectivity index (χ2v) is 10.5. The van der Waals surface area contributed by atoms with Crippen molar-refractivity contribution in [3.8, 4) is 11.5 Å². The average molecular weight is 565 g/mol. The molecule has 0 aliphatic carbocycles. The minimum atomic E-state index is -0.616. The van der Waals surface area contributed by atoms with Crippen molar-refractivity contribution in [3.05, 3.63) is 82.2 Å². The highest BCUT2D eigenvalue weighted by Crippen LogP contribution is 2.26. The summed E-state index contributed by atoms with van der Waals surface area (Å²) >= 11 is 0.